The van der Waals surface area contributed by atoms with Gasteiger partial charge in [0.25, 0.3) is 0 Å². The third-order valence-electron chi connectivity index (χ3n) is 6.10. The molecule has 0 aromatic carbocycles. The van der Waals surface area contributed by atoms with Crippen LogP contribution in [0, 0.1) is 11.8 Å². The number of pyridine rings is 1. The quantitative estimate of drug-likeness (QED) is 0.775. The number of likely N-dealkylation sites (tertiary alicyclic amines) is 1. The SMILES string of the molecule is C[C@@H]1C[C@H]1C(=O)N1CC2(C1)CN(C)[C@@H](C(=O)N(C)Cc1ccccn1)CO2. The molecular formula is C20H28N4O3. The summed E-state index contributed by atoms with van der Waals surface area (Å²) in [7, 11) is 3.77. The van der Waals surface area contributed by atoms with Crippen LogP contribution in [0.1, 0.15) is 19.0 Å². The van der Waals surface area contributed by atoms with Crippen molar-refractivity contribution in [3.63, 3.8) is 0 Å². The molecule has 7 nitrogen and oxygen atoms in total. The number of carbonyl (C=O) groups is 2. The highest BCUT2D eigenvalue weighted by Gasteiger charge is 2.54. The molecule has 1 aromatic rings. The Bertz CT molecular complexity index is 719. The van der Waals surface area contributed by atoms with Crippen LogP contribution in [-0.4, -0.2) is 83.5 Å². The van der Waals surface area contributed by atoms with Crippen molar-refractivity contribution in [1.82, 2.24) is 19.7 Å². The van der Waals surface area contributed by atoms with E-state index in [0.717, 1.165) is 12.1 Å². The minimum atomic E-state index is -0.307. The molecule has 4 rings (SSSR count). The molecule has 1 aliphatic carbocycles. The molecule has 1 aromatic heterocycles. The van der Waals surface area contributed by atoms with Crippen LogP contribution in [0.4, 0.5) is 0 Å². The first kappa shape index (κ1) is 18.4. The van der Waals surface area contributed by atoms with Gasteiger partial charge in [0.2, 0.25) is 11.8 Å². The van der Waals surface area contributed by atoms with Crippen LogP contribution in [-0.2, 0) is 20.9 Å². The maximum absolute atomic E-state index is 12.8. The molecule has 1 saturated carbocycles. The Morgan fingerprint density at radius 1 is 1.33 bits per heavy atom. The zero-order chi connectivity index (χ0) is 19.2. The number of rotatable bonds is 4. The van der Waals surface area contributed by atoms with Crippen LogP contribution in [0.5, 0.6) is 0 Å². The minimum Gasteiger partial charge on any atom is -0.368 e. The summed E-state index contributed by atoms with van der Waals surface area (Å²) in [5.74, 6) is 1.06. The van der Waals surface area contributed by atoms with Crippen molar-refractivity contribution >= 4 is 11.8 Å². The molecule has 0 unspecified atom stereocenters. The first-order valence-electron chi connectivity index (χ1n) is 9.66. The Morgan fingerprint density at radius 3 is 2.67 bits per heavy atom. The number of likely N-dealkylation sites (N-methyl/N-ethyl adjacent to an activating group) is 2. The summed E-state index contributed by atoms with van der Waals surface area (Å²) in [6.07, 6.45) is 2.75. The molecule has 0 N–H and O–H groups in total. The summed E-state index contributed by atoms with van der Waals surface area (Å²) in [5, 5.41) is 0. The van der Waals surface area contributed by atoms with Crippen molar-refractivity contribution in [1.29, 1.82) is 0 Å². The second-order valence-corrected chi connectivity index (χ2v) is 8.45. The molecule has 3 atom stereocenters. The van der Waals surface area contributed by atoms with Crippen molar-refractivity contribution in [3.8, 4) is 0 Å². The molecule has 146 valence electrons. The van der Waals surface area contributed by atoms with E-state index in [1.165, 1.54) is 0 Å². The summed E-state index contributed by atoms with van der Waals surface area (Å²) in [6.45, 7) is 4.93. The average molecular weight is 372 g/mol. The number of aromatic nitrogens is 1. The van der Waals surface area contributed by atoms with Gasteiger partial charge >= 0.3 is 0 Å². The first-order valence-corrected chi connectivity index (χ1v) is 9.66. The van der Waals surface area contributed by atoms with Crippen LogP contribution < -0.4 is 0 Å². The van der Waals surface area contributed by atoms with E-state index in [4.69, 9.17) is 4.74 Å². The molecule has 3 heterocycles. The molecule has 0 bridgehead atoms. The fourth-order valence-electron chi connectivity index (χ4n) is 4.22. The Morgan fingerprint density at radius 2 is 2.07 bits per heavy atom. The fourth-order valence-corrected chi connectivity index (χ4v) is 4.22. The zero-order valence-corrected chi connectivity index (χ0v) is 16.3. The number of carbonyl (C=O) groups excluding carboxylic acids is 2. The molecule has 27 heavy (non-hydrogen) atoms. The number of morpholine rings is 1. The molecule has 0 radical (unpaired) electrons. The van der Waals surface area contributed by atoms with Gasteiger partial charge in [0.15, 0.2) is 0 Å². The molecule has 2 saturated heterocycles. The summed E-state index contributed by atoms with van der Waals surface area (Å²) in [5.41, 5.74) is 0.561. The third-order valence-corrected chi connectivity index (χ3v) is 6.10. The Kier molecular flexibility index (Phi) is 4.68. The highest BCUT2D eigenvalue weighted by atomic mass is 16.5. The highest BCUT2D eigenvalue weighted by Crippen LogP contribution is 2.42. The molecule has 1 spiro atoms. The molecular weight excluding hydrogens is 344 g/mol. The van der Waals surface area contributed by atoms with Gasteiger partial charge in [0, 0.05) is 25.7 Å². The van der Waals surface area contributed by atoms with Gasteiger partial charge in [-0.15, -0.1) is 0 Å². The van der Waals surface area contributed by atoms with Gasteiger partial charge in [-0.05, 0) is 31.5 Å². The molecule has 2 aliphatic heterocycles. The van der Waals surface area contributed by atoms with Crippen LogP contribution in [0.2, 0.25) is 0 Å². The van der Waals surface area contributed by atoms with E-state index in [-0.39, 0.29) is 29.4 Å². The molecule has 7 heteroatoms. The van der Waals surface area contributed by atoms with E-state index in [9.17, 15) is 9.59 Å². The largest absolute Gasteiger partial charge is 0.368 e. The smallest absolute Gasteiger partial charge is 0.242 e. The maximum atomic E-state index is 12.8. The van der Waals surface area contributed by atoms with Gasteiger partial charge in [-0.3, -0.25) is 19.5 Å². The zero-order valence-electron chi connectivity index (χ0n) is 16.3. The van der Waals surface area contributed by atoms with Gasteiger partial charge in [-0.2, -0.15) is 0 Å². The predicted octanol–water partition coefficient (Wildman–Crippen LogP) is 0.608. The molecule has 3 aliphatic rings. The van der Waals surface area contributed by atoms with Crippen molar-refractivity contribution in [2.75, 3.05) is 40.3 Å². The van der Waals surface area contributed by atoms with Crippen molar-refractivity contribution in [3.05, 3.63) is 30.1 Å². The molecule has 3 fully saturated rings. The van der Waals surface area contributed by atoms with E-state index < -0.39 is 0 Å². The van der Waals surface area contributed by atoms with Gasteiger partial charge < -0.3 is 14.5 Å². The number of nitrogens with zero attached hydrogens (tertiary/aromatic N) is 4. The van der Waals surface area contributed by atoms with E-state index in [1.807, 2.05) is 30.1 Å². The number of ether oxygens (including phenoxy) is 1. The van der Waals surface area contributed by atoms with E-state index in [1.54, 1.807) is 18.1 Å². The fraction of sp³-hybridized carbons (Fsp3) is 0.650. The Labute approximate surface area is 160 Å². The van der Waals surface area contributed by atoms with Crippen LogP contribution in [0.25, 0.3) is 0 Å². The third kappa shape index (κ3) is 3.58. The number of hydrogen-bond acceptors (Lipinski definition) is 5. The second-order valence-electron chi connectivity index (χ2n) is 8.45. The predicted molar refractivity (Wildman–Crippen MR) is 99.7 cm³/mol. The normalized spacial score (nSPS) is 29.3. The van der Waals surface area contributed by atoms with Crippen molar-refractivity contribution < 1.29 is 14.3 Å². The first-order chi connectivity index (χ1) is 12.9. The number of amides is 2. The van der Waals surface area contributed by atoms with E-state index in [2.05, 4.69) is 16.8 Å². The van der Waals surface area contributed by atoms with E-state index in [0.29, 0.717) is 38.7 Å². The summed E-state index contributed by atoms with van der Waals surface area (Å²) in [6, 6.07) is 5.41. The van der Waals surface area contributed by atoms with Crippen LogP contribution in [0.3, 0.4) is 0 Å². The van der Waals surface area contributed by atoms with Crippen LogP contribution in [0.15, 0.2) is 24.4 Å². The monoisotopic (exact) mass is 372 g/mol. The van der Waals surface area contributed by atoms with Gasteiger partial charge in [-0.1, -0.05) is 13.0 Å². The second kappa shape index (κ2) is 6.87. The lowest BCUT2D eigenvalue weighted by Gasteiger charge is -2.55. The lowest BCUT2D eigenvalue weighted by molar-refractivity contribution is -0.203. The highest BCUT2D eigenvalue weighted by molar-refractivity contribution is 5.83. The summed E-state index contributed by atoms with van der Waals surface area (Å²) < 4.78 is 6.11. The van der Waals surface area contributed by atoms with Gasteiger partial charge in [0.1, 0.15) is 11.6 Å². The average Bonchev–Trinajstić information content (AvgIpc) is 3.36. The standard InChI is InChI=1S/C20H28N4O3/c1-14-8-16(14)18(25)24-12-20(13-24)11-23(3)17(10-27-20)19(26)22(2)9-15-6-4-5-7-21-15/h4-7,14,16-17H,8-13H2,1-3H3/t14-,16-,17-/m1/s1. The Balaban J connectivity index is 1.30. The minimum absolute atomic E-state index is 0.0389. The van der Waals surface area contributed by atoms with Crippen molar-refractivity contribution in [2.24, 2.45) is 11.8 Å². The topological polar surface area (TPSA) is 66.0 Å². The van der Waals surface area contributed by atoms with Crippen molar-refractivity contribution in [2.45, 2.75) is 31.5 Å². The lowest BCUT2D eigenvalue weighted by atomic mass is 9.90. The summed E-state index contributed by atoms with van der Waals surface area (Å²) >= 11 is 0. The molecule has 2 amide bonds. The van der Waals surface area contributed by atoms with Crippen LogP contribution >= 0.6 is 0 Å². The number of hydrogen-bond donors (Lipinski definition) is 0. The maximum Gasteiger partial charge on any atom is 0.242 e. The van der Waals surface area contributed by atoms with Gasteiger partial charge in [0.05, 0.1) is 31.9 Å². The summed E-state index contributed by atoms with van der Waals surface area (Å²) in [4.78, 5) is 35.2. The van der Waals surface area contributed by atoms with Gasteiger partial charge in [-0.25, -0.2) is 0 Å². The van der Waals surface area contributed by atoms with E-state index >= 15 is 0 Å². The lowest BCUT2D eigenvalue weighted by Crippen LogP contribution is -2.73. The Hall–Kier alpha value is -1.99.